The van der Waals surface area contributed by atoms with Crippen LogP contribution in [0, 0.1) is 6.92 Å². The number of carbonyl (C=O) groups is 1. The molecule has 1 aromatic rings. The Morgan fingerprint density at radius 3 is 2.87 bits per heavy atom. The van der Waals surface area contributed by atoms with Crippen LogP contribution in [0.4, 0.5) is 0 Å². The van der Waals surface area contributed by atoms with E-state index in [0.29, 0.717) is 19.4 Å². The Morgan fingerprint density at radius 2 is 2.47 bits per heavy atom. The first kappa shape index (κ1) is 10.2. The highest BCUT2D eigenvalue weighted by molar-refractivity contribution is 5.79. The van der Waals surface area contributed by atoms with Crippen LogP contribution in [0.5, 0.6) is 0 Å². The monoisotopic (exact) mass is 210 g/mol. The first-order valence-electron chi connectivity index (χ1n) is 5.03. The molecule has 5 nitrogen and oxygen atoms in total. The van der Waals surface area contributed by atoms with Crippen LogP contribution < -0.4 is 5.32 Å². The SMILES string of the molecule is Cc1cc(CNC2(C(=O)O)CCC2)no1. The topological polar surface area (TPSA) is 75.4 Å². The molecule has 2 rings (SSSR count). The summed E-state index contributed by atoms with van der Waals surface area (Å²) in [4.78, 5) is 11.0. The van der Waals surface area contributed by atoms with Crippen molar-refractivity contribution in [2.24, 2.45) is 0 Å². The molecule has 1 heterocycles. The molecule has 0 radical (unpaired) electrons. The highest BCUT2D eigenvalue weighted by Crippen LogP contribution is 2.32. The highest BCUT2D eigenvalue weighted by atomic mass is 16.5. The lowest BCUT2D eigenvalue weighted by atomic mass is 9.77. The lowest BCUT2D eigenvalue weighted by molar-refractivity contribution is -0.148. The summed E-state index contributed by atoms with van der Waals surface area (Å²) >= 11 is 0. The summed E-state index contributed by atoms with van der Waals surface area (Å²) in [5.41, 5.74) is 0.0207. The van der Waals surface area contributed by atoms with Crippen LogP contribution in [0.1, 0.15) is 30.7 Å². The predicted molar refractivity (Wildman–Crippen MR) is 52.3 cm³/mol. The van der Waals surface area contributed by atoms with E-state index in [2.05, 4.69) is 10.5 Å². The number of hydrogen-bond acceptors (Lipinski definition) is 4. The van der Waals surface area contributed by atoms with E-state index in [-0.39, 0.29) is 0 Å². The molecule has 1 aliphatic carbocycles. The maximum absolute atomic E-state index is 11.0. The Morgan fingerprint density at radius 1 is 1.73 bits per heavy atom. The average Bonchev–Trinajstić information content (AvgIpc) is 2.49. The van der Waals surface area contributed by atoms with Gasteiger partial charge in [0.15, 0.2) is 0 Å². The molecule has 0 aliphatic heterocycles. The van der Waals surface area contributed by atoms with Crippen molar-refractivity contribution in [3.63, 3.8) is 0 Å². The first-order chi connectivity index (χ1) is 7.12. The molecule has 15 heavy (non-hydrogen) atoms. The molecule has 1 fully saturated rings. The second kappa shape index (κ2) is 3.66. The van der Waals surface area contributed by atoms with Gasteiger partial charge in [0.25, 0.3) is 0 Å². The van der Waals surface area contributed by atoms with Crippen molar-refractivity contribution >= 4 is 5.97 Å². The van der Waals surface area contributed by atoms with Crippen LogP contribution in [-0.4, -0.2) is 21.8 Å². The lowest BCUT2D eigenvalue weighted by Crippen LogP contribution is -2.56. The molecule has 1 aromatic heterocycles. The largest absolute Gasteiger partial charge is 0.480 e. The quantitative estimate of drug-likeness (QED) is 0.777. The van der Waals surface area contributed by atoms with E-state index in [1.807, 2.05) is 6.92 Å². The van der Waals surface area contributed by atoms with Crippen LogP contribution in [0.25, 0.3) is 0 Å². The van der Waals surface area contributed by atoms with E-state index in [1.54, 1.807) is 6.07 Å². The second-order valence-corrected chi connectivity index (χ2v) is 4.02. The molecule has 0 saturated heterocycles. The first-order valence-corrected chi connectivity index (χ1v) is 5.03. The lowest BCUT2D eigenvalue weighted by Gasteiger charge is -2.38. The number of aliphatic carboxylic acids is 1. The minimum Gasteiger partial charge on any atom is -0.480 e. The van der Waals surface area contributed by atoms with E-state index in [4.69, 9.17) is 9.63 Å². The van der Waals surface area contributed by atoms with E-state index in [1.165, 1.54) is 0 Å². The fourth-order valence-corrected chi connectivity index (χ4v) is 1.76. The standard InChI is InChI=1S/C10H14N2O3/c1-7-5-8(12-15-7)6-11-10(9(13)14)3-2-4-10/h5,11H,2-4,6H2,1H3,(H,13,14). The van der Waals surface area contributed by atoms with Gasteiger partial charge in [-0.15, -0.1) is 0 Å². The van der Waals surface area contributed by atoms with E-state index >= 15 is 0 Å². The number of rotatable bonds is 4. The van der Waals surface area contributed by atoms with Gasteiger partial charge >= 0.3 is 5.97 Å². The Kier molecular flexibility index (Phi) is 2.48. The number of aryl methyl sites for hydroxylation is 1. The molecule has 5 heteroatoms. The fourth-order valence-electron chi connectivity index (χ4n) is 1.76. The Hall–Kier alpha value is -1.36. The summed E-state index contributed by atoms with van der Waals surface area (Å²) < 4.78 is 4.90. The molecular formula is C10H14N2O3. The second-order valence-electron chi connectivity index (χ2n) is 4.02. The van der Waals surface area contributed by atoms with Gasteiger partial charge in [-0.3, -0.25) is 10.1 Å². The van der Waals surface area contributed by atoms with Crippen LogP contribution in [-0.2, 0) is 11.3 Å². The number of carboxylic acids is 1. The van der Waals surface area contributed by atoms with Gasteiger partial charge < -0.3 is 9.63 Å². The van der Waals surface area contributed by atoms with Gasteiger partial charge in [0.2, 0.25) is 0 Å². The van der Waals surface area contributed by atoms with Crippen LogP contribution in [0.3, 0.4) is 0 Å². The minimum absolute atomic E-state index is 0.448. The third-order valence-corrected chi connectivity index (χ3v) is 2.90. The number of carboxylic acid groups (broad SMARTS) is 1. The van der Waals surface area contributed by atoms with Crippen molar-refractivity contribution in [3.8, 4) is 0 Å². The Balaban J connectivity index is 1.95. The number of nitrogens with one attached hydrogen (secondary N) is 1. The van der Waals surface area contributed by atoms with Crippen molar-refractivity contribution in [1.82, 2.24) is 10.5 Å². The van der Waals surface area contributed by atoms with E-state index < -0.39 is 11.5 Å². The predicted octanol–water partition coefficient (Wildman–Crippen LogP) is 1.08. The zero-order valence-electron chi connectivity index (χ0n) is 8.62. The van der Waals surface area contributed by atoms with Gasteiger partial charge in [0, 0.05) is 12.6 Å². The fraction of sp³-hybridized carbons (Fsp3) is 0.600. The van der Waals surface area contributed by atoms with E-state index in [0.717, 1.165) is 17.9 Å². The normalized spacial score (nSPS) is 18.5. The highest BCUT2D eigenvalue weighted by Gasteiger charge is 2.43. The molecule has 0 bridgehead atoms. The van der Waals surface area contributed by atoms with Gasteiger partial charge in [-0.2, -0.15) is 0 Å². The van der Waals surface area contributed by atoms with Crippen molar-refractivity contribution in [1.29, 1.82) is 0 Å². The van der Waals surface area contributed by atoms with Crippen molar-refractivity contribution in [2.75, 3.05) is 0 Å². The van der Waals surface area contributed by atoms with E-state index in [9.17, 15) is 4.79 Å². The maximum atomic E-state index is 11.0. The molecule has 1 aliphatic rings. The molecule has 0 aromatic carbocycles. The van der Waals surface area contributed by atoms with Gasteiger partial charge in [-0.05, 0) is 26.2 Å². The molecular weight excluding hydrogens is 196 g/mol. The molecule has 0 amide bonds. The zero-order valence-corrected chi connectivity index (χ0v) is 8.62. The van der Waals surface area contributed by atoms with Crippen molar-refractivity contribution < 1.29 is 14.4 Å². The van der Waals surface area contributed by atoms with Crippen molar-refractivity contribution in [2.45, 2.75) is 38.3 Å². The Labute approximate surface area is 87.5 Å². The summed E-state index contributed by atoms with van der Waals surface area (Å²) in [5.74, 6) is -0.0289. The molecule has 1 saturated carbocycles. The molecule has 0 unspecified atom stereocenters. The molecule has 82 valence electrons. The summed E-state index contributed by atoms with van der Waals surface area (Å²) in [7, 11) is 0. The van der Waals surface area contributed by atoms with Gasteiger partial charge in [-0.1, -0.05) is 5.16 Å². The maximum Gasteiger partial charge on any atom is 0.323 e. The summed E-state index contributed by atoms with van der Waals surface area (Å²) in [6.07, 6.45) is 2.36. The summed E-state index contributed by atoms with van der Waals surface area (Å²) in [6, 6.07) is 1.81. The molecule has 2 N–H and O–H groups in total. The number of hydrogen-bond donors (Lipinski definition) is 2. The zero-order chi connectivity index (χ0) is 10.9. The van der Waals surface area contributed by atoms with Crippen LogP contribution >= 0.6 is 0 Å². The average molecular weight is 210 g/mol. The van der Waals surface area contributed by atoms with Crippen LogP contribution in [0.15, 0.2) is 10.6 Å². The van der Waals surface area contributed by atoms with Crippen molar-refractivity contribution in [3.05, 3.63) is 17.5 Å². The summed E-state index contributed by atoms with van der Waals surface area (Å²) in [5, 5.41) is 15.9. The third-order valence-electron chi connectivity index (χ3n) is 2.90. The Bertz CT molecular complexity index is 368. The van der Waals surface area contributed by atoms with Gasteiger partial charge in [0.05, 0.1) is 5.69 Å². The van der Waals surface area contributed by atoms with Gasteiger partial charge in [0.1, 0.15) is 11.3 Å². The number of aromatic nitrogens is 1. The molecule has 0 spiro atoms. The third kappa shape index (κ3) is 1.87. The summed E-state index contributed by atoms with van der Waals surface area (Å²) in [6.45, 7) is 2.26. The number of nitrogens with zero attached hydrogens (tertiary/aromatic N) is 1. The minimum atomic E-state index is -0.769. The smallest absolute Gasteiger partial charge is 0.323 e. The van der Waals surface area contributed by atoms with Gasteiger partial charge in [-0.25, -0.2) is 0 Å². The van der Waals surface area contributed by atoms with Crippen LogP contribution in [0.2, 0.25) is 0 Å². The molecule has 0 atom stereocenters.